The van der Waals surface area contributed by atoms with Crippen molar-refractivity contribution in [1.82, 2.24) is 9.96 Å². The maximum Gasteiger partial charge on any atom is 0.414 e. The lowest BCUT2D eigenvalue weighted by molar-refractivity contribution is -0.134. The third-order valence-corrected chi connectivity index (χ3v) is 5.28. The third-order valence-electron chi connectivity index (χ3n) is 4.99. The molecule has 1 aromatic carbocycles. The van der Waals surface area contributed by atoms with Crippen LogP contribution in [0.25, 0.3) is 0 Å². The van der Waals surface area contributed by atoms with Crippen molar-refractivity contribution in [3.05, 3.63) is 23.8 Å². The predicted molar refractivity (Wildman–Crippen MR) is 108 cm³/mol. The number of thiol groups is 1. The van der Waals surface area contributed by atoms with Gasteiger partial charge in [0.15, 0.2) is 11.6 Å². The van der Waals surface area contributed by atoms with Gasteiger partial charge in [-0.2, -0.15) is 0 Å². The highest BCUT2D eigenvalue weighted by Crippen LogP contribution is 2.31. The van der Waals surface area contributed by atoms with Crippen molar-refractivity contribution in [2.75, 3.05) is 62.8 Å². The fourth-order valence-corrected chi connectivity index (χ4v) is 3.42. The van der Waals surface area contributed by atoms with Crippen molar-refractivity contribution in [3.63, 3.8) is 0 Å². The smallest absolute Gasteiger partial charge is 0.414 e. The Morgan fingerprint density at radius 2 is 1.87 bits per heavy atom. The molecule has 13 heteroatoms. The lowest BCUT2D eigenvalue weighted by Gasteiger charge is -2.36. The minimum Gasteiger partial charge on any atom is -0.441 e. The lowest BCUT2D eigenvalue weighted by Crippen LogP contribution is -2.50. The maximum absolute atomic E-state index is 14.8. The molecule has 10 nitrogen and oxygen atoms in total. The normalized spacial score (nSPS) is 18.9. The second-order valence-electron chi connectivity index (χ2n) is 6.98. The number of hydrogen-bond acceptors (Lipinski definition) is 7. The number of cyclic esters (lactones) is 1. The minimum atomic E-state index is -0.857. The molecule has 3 rings (SSSR count). The monoisotopic (exact) mass is 460 g/mol. The molecular weight excluding hydrogens is 438 g/mol. The third kappa shape index (κ3) is 5.17. The van der Waals surface area contributed by atoms with Gasteiger partial charge in [0.1, 0.15) is 25.0 Å². The number of amides is 3. The van der Waals surface area contributed by atoms with Crippen LogP contribution in [0, 0.1) is 11.6 Å². The van der Waals surface area contributed by atoms with E-state index in [0.717, 1.165) is 22.1 Å². The van der Waals surface area contributed by atoms with Gasteiger partial charge in [0, 0.05) is 45.4 Å². The average molecular weight is 460 g/mol. The largest absolute Gasteiger partial charge is 0.441 e. The van der Waals surface area contributed by atoms with Gasteiger partial charge >= 0.3 is 11.3 Å². The molecule has 2 aliphatic heterocycles. The summed E-state index contributed by atoms with van der Waals surface area (Å²) in [6.07, 6.45) is -1.54. The number of halogens is 2. The van der Waals surface area contributed by atoms with Crippen molar-refractivity contribution in [2.24, 2.45) is 0 Å². The summed E-state index contributed by atoms with van der Waals surface area (Å²) in [5.41, 5.74) is -0.264. The van der Waals surface area contributed by atoms with Crippen LogP contribution in [0.2, 0.25) is 0 Å². The number of hydrogen-bond donors (Lipinski definition) is 2. The molecule has 1 N–H and O–H groups in total. The Balaban J connectivity index is 1.67. The van der Waals surface area contributed by atoms with E-state index in [1.807, 2.05) is 0 Å². The summed E-state index contributed by atoms with van der Waals surface area (Å²) in [4.78, 5) is 43.8. The highest BCUT2D eigenvalue weighted by molar-refractivity contribution is 7.96. The van der Waals surface area contributed by atoms with Gasteiger partial charge in [0.05, 0.1) is 12.2 Å². The Morgan fingerprint density at radius 1 is 1.26 bits per heavy atom. The van der Waals surface area contributed by atoms with E-state index in [1.165, 1.54) is 16.8 Å². The van der Waals surface area contributed by atoms with Gasteiger partial charge in [0.25, 0.3) is 0 Å². The molecule has 1 aromatic rings. The molecule has 0 aromatic heterocycles. The topological polar surface area (TPSA) is 103 Å². The van der Waals surface area contributed by atoms with Gasteiger partial charge < -0.3 is 19.6 Å². The number of anilines is 2. The van der Waals surface area contributed by atoms with E-state index in [2.05, 4.69) is 12.6 Å². The fourth-order valence-electron chi connectivity index (χ4n) is 3.36. The van der Waals surface area contributed by atoms with E-state index in [-0.39, 0.29) is 50.7 Å². The van der Waals surface area contributed by atoms with Gasteiger partial charge in [-0.05, 0) is 0 Å². The van der Waals surface area contributed by atoms with Crippen molar-refractivity contribution in [1.29, 1.82) is 0 Å². The van der Waals surface area contributed by atoms with Crippen molar-refractivity contribution in [2.45, 2.75) is 6.10 Å². The van der Waals surface area contributed by atoms with E-state index >= 15 is 0 Å². The molecule has 0 spiro atoms. The van der Waals surface area contributed by atoms with Crippen LogP contribution < -0.4 is 9.80 Å². The zero-order valence-corrected chi connectivity index (χ0v) is 17.6. The number of benzene rings is 1. The summed E-state index contributed by atoms with van der Waals surface area (Å²) >= 11 is 3.58. The maximum atomic E-state index is 14.8. The van der Waals surface area contributed by atoms with Crippen molar-refractivity contribution < 1.29 is 37.8 Å². The molecule has 1 atom stereocenters. The summed E-state index contributed by atoms with van der Waals surface area (Å²) in [5, 5.41) is 9.15. The molecule has 31 heavy (non-hydrogen) atoms. The number of aliphatic hydroxyl groups is 1. The second kappa shape index (κ2) is 9.66. The zero-order valence-electron chi connectivity index (χ0n) is 16.7. The first-order chi connectivity index (χ1) is 14.7. The Bertz CT molecular complexity index is 844. The van der Waals surface area contributed by atoms with Crippen LogP contribution in [0.5, 0.6) is 0 Å². The van der Waals surface area contributed by atoms with Gasteiger partial charge in [-0.1, -0.05) is 12.6 Å². The molecule has 0 radical (unpaired) electrons. The zero-order chi connectivity index (χ0) is 22.7. The average Bonchev–Trinajstić information content (AvgIpc) is 3.11. The Hall–Kier alpha value is -2.64. The number of nitrogens with zero attached hydrogens (tertiary/aromatic N) is 4. The standard InChI is InChI=1S/C18H22F2N4O6S/c1-21(18(28)31)29-10-12-8-24(17(27)30-12)11-6-13(19)16(14(20)7-11)23-4-2-22(3-5-23)15(26)9-25/h6-7,12,25H,2-5,8-10H2,1H3,(H,28,31)/t12-/m0/s1. The number of carbonyl (C=O) groups is 3. The molecule has 170 valence electrons. The van der Waals surface area contributed by atoms with Crippen LogP contribution in [-0.2, 0) is 14.4 Å². The minimum absolute atomic E-state index is 0.0148. The van der Waals surface area contributed by atoms with Crippen LogP contribution in [-0.4, -0.2) is 91.4 Å². The summed E-state index contributed by atoms with van der Waals surface area (Å²) in [7, 11) is 1.34. The number of carbonyl (C=O) groups excluding carboxylic acids is 3. The van der Waals surface area contributed by atoms with Crippen LogP contribution >= 0.6 is 12.6 Å². The number of piperazine rings is 1. The summed E-state index contributed by atoms with van der Waals surface area (Å²) in [5.74, 6) is -2.15. The van der Waals surface area contributed by atoms with Crippen LogP contribution in [0.15, 0.2) is 12.1 Å². The lowest BCUT2D eigenvalue weighted by atomic mass is 10.2. The number of rotatable bonds is 6. The fraction of sp³-hybridized carbons (Fsp3) is 0.500. The molecule has 0 bridgehead atoms. The van der Waals surface area contributed by atoms with Gasteiger partial charge in [-0.15, -0.1) is 0 Å². The molecule has 0 unspecified atom stereocenters. The molecule has 0 saturated carbocycles. The molecule has 2 saturated heterocycles. The van der Waals surface area contributed by atoms with Crippen LogP contribution in [0.4, 0.5) is 29.7 Å². The first kappa shape index (κ1) is 23.0. The number of ether oxygens (including phenoxy) is 1. The molecule has 0 aliphatic carbocycles. The summed E-state index contributed by atoms with van der Waals surface area (Å²) in [6.45, 7) is 0.0743. The van der Waals surface area contributed by atoms with E-state index < -0.39 is 41.6 Å². The quantitative estimate of drug-likeness (QED) is 0.479. The summed E-state index contributed by atoms with van der Waals surface area (Å²) in [6, 6.07) is 2.08. The van der Waals surface area contributed by atoms with Crippen LogP contribution in [0.1, 0.15) is 0 Å². The Morgan fingerprint density at radius 3 is 2.42 bits per heavy atom. The van der Waals surface area contributed by atoms with E-state index in [1.54, 1.807) is 0 Å². The SMILES string of the molecule is CN(OC[C@@H]1CN(c2cc(F)c(N3CCN(C(=O)CO)CC3)c(F)c2)C(=O)O1)C(=O)S. The molecule has 3 amide bonds. The molecular formula is C18H22F2N4O6S. The van der Waals surface area contributed by atoms with E-state index in [9.17, 15) is 23.2 Å². The van der Waals surface area contributed by atoms with Gasteiger partial charge in [-0.25, -0.2) is 18.6 Å². The highest BCUT2D eigenvalue weighted by Gasteiger charge is 2.34. The first-order valence-corrected chi connectivity index (χ1v) is 9.86. The Kier molecular flexibility index (Phi) is 7.18. The predicted octanol–water partition coefficient (Wildman–Crippen LogP) is 0.844. The van der Waals surface area contributed by atoms with Crippen molar-refractivity contribution >= 4 is 41.2 Å². The van der Waals surface area contributed by atoms with Crippen LogP contribution in [0.3, 0.4) is 0 Å². The highest BCUT2D eigenvalue weighted by atomic mass is 32.1. The number of aliphatic hydroxyl groups excluding tert-OH is 1. The second-order valence-corrected chi connectivity index (χ2v) is 7.36. The number of hydroxylamine groups is 2. The summed E-state index contributed by atoms with van der Waals surface area (Å²) < 4.78 is 34.7. The molecule has 2 aliphatic rings. The first-order valence-electron chi connectivity index (χ1n) is 9.41. The molecule has 2 fully saturated rings. The van der Waals surface area contributed by atoms with Crippen molar-refractivity contribution in [3.8, 4) is 0 Å². The van der Waals surface area contributed by atoms with E-state index in [0.29, 0.717) is 0 Å². The van der Waals surface area contributed by atoms with Gasteiger partial charge in [0.2, 0.25) is 5.91 Å². The Labute approximate surface area is 182 Å². The van der Waals surface area contributed by atoms with E-state index in [4.69, 9.17) is 14.7 Å². The molecule has 2 heterocycles. The van der Waals surface area contributed by atoms with Gasteiger partial charge in [-0.3, -0.25) is 19.3 Å².